The lowest BCUT2D eigenvalue weighted by atomic mass is 9.77. The standard InChI is InChI=1S/C10H16.C4H6O2/c1-7-2-8-3-9-6-10(9,4-7)5-8;1-3-4(5)6-2/h7-9H,2-6H2,1H3;3H,1H2,2H3. The molecular weight excluding hydrogens is 200 g/mol. The molecule has 0 aromatic rings. The highest BCUT2D eigenvalue weighted by Crippen LogP contribution is 2.71. The fourth-order valence-electron chi connectivity index (χ4n) is 4.02. The molecule has 0 aliphatic heterocycles. The van der Waals surface area contributed by atoms with Gasteiger partial charge in [0.1, 0.15) is 0 Å². The van der Waals surface area contributed by atoms with Crippen molar-refractivity contribution in [2.75, 3.05) is 7.11 Å². The summed E-state index contributed by atoms with van der Waals surface area (Å²) in [4.78, 5) is 9.84. The van der Waals surface area contributed by atoms with Gasteiger partial charge in [-0.15, -0.1) is 0 Å². The minimum Gasteiger partial charge on any atom is -0.466 e. The van der Waals surface area contributed by atoms with Crippen molar-refractivity contribution in [2.45, 2.75) is 39.0 Å². The molecule has 3 aliphatic rings. The third-order valence-electron chi connectivity index (χ3n) is 4.53. The van der Waals surface area contributed by atoms with Gasteiger partial charge in [0.2, 0.25) is 0 Å². The molecule has 0 radical (unpaired) electrons. The van der Waals surface area contributed by atoms with Gasteiger partial charge in [0.15, 0.2) is 0 Å². The fourth-order valence-corrected chi connectivity index (χ4v) is 4.02. The van der Waals surface area contributed by atoms with E-state index in [4.69, 9.17) is 0 Å². The third kappa shape index (κ3) is 2.16. The highest BCUT2D eigenvalue weighted by molar-refractivity contribution is 5.80. The van der Waals surface area contributed by atoms with Gasteiger partial charge in [0.25, 0.3) is 0 Å². The van der Waals surface area contributed by atoms with E-state index in [2.05, 4.69) is 18.2 Å². The molecule has 0 saturated heterocycles. The molecule has 0 aromatic carbocycles. The quantitative estimate of drug-likeness (QED) is 0.503. The van der Waals surface area contributed by atoms with Crippen LogP contribution in [0.3, 0.4) is 0 Å². The Hall–Kier alpha value is -0.790. The third-order valence-corrected chi connectivity index (χ3v) is 4.53. The minimum atomic E-state index is -0.394. The van der Waals surface area contributed by atoms with Crippen molar-refractivity contribution >= 4 is 5.97 Å². The first-order chi connectivity index (χ1) is 7.59. The second-order valence-electron chi connectivity index (χ2n) is 5.84. The second kappa shape index (κ2) is 4.23. The summed E-state index contributed by atoms with van der Waals surface area (Å²) >= 11 is 0. The van der Waals surface area contributed by atoms with Crippen LogP contribution in [0.5, 0.6) is 0 Å². The molecule has 2 heteroatoms. The zero-order valence-electron chi connectivity index (χ0n) is 10.4. The zero-order chi connectivity index (χ0) is 11.8. The molecule has 0 heterocycles. The zero-order valence-corrected chi connectivity index (χ0v) is 10.4. The van der Waals surface area contributed by atoms with Crippen molar-refractivity contribution in [3.8, 4) is 0 Å². The summed E-state index contributed by atoms with van der Waals surface area (Å²) < 4.78 is 4.14. The van der Waals surface area contributed by atoms with Gasteiger partial charge in [0.05, 0.1) is 7.11 Å². The molecule has 2 bridgehead atoms. The Morgan fingerprint density at radius 3 is 2.62 bits per heavy atom. The predicted octanol–water partition coefficient (Wildman–Crippen LogP) is 3.18. The Balaban J connectivity index is 0.000000142. The summed E-state index contributed by atoms with van der Waals surface area (Å²) in [5, 5.41) is 0. The molecule has 3 aliphatic carbocycles. The molecule has 4 unspecified atom stereocenters. The SMILES string of the molecule is C=CC(=O)OC.CC1CC2CC3CC3(C1)C2. The maximum absolute atomic E-state index is 9.84. The molecule has 3 saturated carbocycles. The van der Waals surface area contributed by atoms with Crippen LogP contribution in [0.2, 0.25) is 0 Å². The molecule has 16 heavy (non-hydrogen) atoms. The summed E-state index contributed by atoms with van der Waals surface area (Å²) in [6.07, 6.45) is 9.06. The summed E-state index contributed by atoms with van der Waals surface area (Å²) in [7, 11) is 1.31. The number of hydrogen-bond donors (Lipinski definition) is 0. The molecule has 3 fully saturated rings. The number of hydrogen-bond acceptors (Lipinski definition) is 2. The van der Waals surface area contributed by atoms with E-state index in [1.807, 2.05) is 0 Å². The Morgan fingerprint density at radius 2 is 2.12 bits per heavy atom. The van der Waals surface area contributed by atoms with Gasteiger partial charge in [-0.2, -0.15) is 0 Å². The Kier molecular flexibility index (Phi) is 3.09. The van der Waals surface area contributed by atoms with Crippen LogP contribution < -0.4 is 0 Å². The van der Waals surface area contributed by atoms with Crippen LogP contribution in [0.4, 0.5) is 0 Å². The van der Waals surface area contributed by atoms with Crippen LogP contribution in [-0.2, 0) is 9.53 Å². The van der Waals surface area contributed by atoms with Gasteiger partial charge in [-0.25, -0.2) is 4.79 Å². The van der Waals surface area contributed by atoms with Crippen molar-refractivity contribution < 1.29 is 9.53 Å². The lowest BCUT2D eigenvalue weighted by Gasteiger charge is -2.28. The van der Waals surface area contributed by atoms with Crippen LogP contribution in [0.1, 0.15) is 39.0 Å². The lowest BCUT2D eigenvalue weighted by Crippen LogP contribution is -2.17. The van der Waals surface area contributed by atoms with Gasteiger partial charge in [-0.05, 0) is 55.3 Å². The molecule has 1 spiro atoms. The molecule has 2 nitrogen and oxygen atoms in total. The average molecular weight is 222 g/mol. The minimum absolute atomic E-state index is 0.394. The van der Waals surface area contributed by atoms with Crippen molar-refractivity contribution in [3.63, 3.8) is 0 Å². The first-order valence-electron chi connectivity index (χ1n) is 6.30. The maximum Gasteiger partial charge on any atom is 0.329 e. The molecule has 0 aromatic heterocycles. The average Bonchev–Trinajstić information content (AvgIpc) is 2.80. The Labute approximate surface area is 98.1 Å². The number of fused-ring (bicyclic) bond motifs is 1. The molecular formula is C14H22O2. The fraction of sp³-hybridized carbons (Fsp3) is 0.786. The highest BCUT2D eigenvalue weighted by Gasteiger charge is 2.61. The summed E-state index contributed by atoms with van der Waals surface area (Å²) in [5.41, 5.74) is 0.933. The van der Waals surface area contributed by atoms with Gasteiger partial charge >= 0.3 is 5.97 Å². The van der Waals surface area contributed by atoms with Crippen LogP contribution >= 0.6 is 0 Å². The van der Waals surface area contributed by atoms with E-state index in [1.54, 1.807) is 32.1 Å². The normalized spacial score (nSPS) is 42.5. The number of rotatable bonds is 1. The molecule has 0 amide bonds. The van der Waals surface area contributed by atoms with Crippen molar-refractivity contribution in [2.24, 2.45) is 23.2 Å². The van der Waals surface area contributed by atoms with Crippen LogP contribution in [0.25, 0.3) is 0 Å². The number of methoxy groups -OCH3 is 1. The van der Waals surface area contributed by atoms with E-state index in [1.165, 1.54) is 13.0 Å². The van der Waals surface area contributed by atoms with Gasteiger partial charge < -0.3 is 4.74 Å². The largest absolute Gasteiger partial charge is 0.466 e. The molecule has 0 N–H and O–H groups in total. The van der Waals surface area contributed by atoms with E-state index in [0.717, 1.165) is 23.3 Å². The smallest absolute Gasteiger partial charge is 0.329 e. The number of esters is 1. The van der Waals surface area contributed by atoms with E-state index in [-0.39, 0.29) is 0 Å². The van der Waals surface area contributed by atoms with E-state index < -0.39 is 5.97 Å². The van der Waals surface area contributed by atoms with Gasteiger partial charge in [-0.1, -0.05) is 13.5 Å². The summed E-state index contributed by atoms with van der Waals surface area (Å²) in [6.45, 7) is 5.61. The van der Waals surface area contributed by atoms with Gasteiger partial charge in [0, 0.05) is 6.08 Å². The van der Waals surface area contributed by atoms with E-state index >= 15 is 0 Å². The summed E-state index contributed by atoms with van der Waals surface area (Å²) in [5.74, 6) is 3.02. The number of carbonyl (C=O) groups is 1. The number of carbonyl (C=O) groups excluding carboxylic acids is 1. The van der Waals surface area contributed by atoms with Crippen molar-refractivity contribution in [1.82, 2.24) is 0 Å². The second-order valence-corrected chi connectivity index (χ2v) is 5.84. The first-order valence-corrected chi connectivity index (χ1v) is 6.30. The first kappa shape index (κ1) is 11.7. The molecule has 3 rings (SSSR count). The Morgan fingerprint density at radius 1 is 1.38 bits per heavy atom. The highest BCUT2D eigenvalue weighted by atomic mass is 16.5. The van der Waals surface area contributed by atoms with Crippen molar-refractivity contribution in [3.05, 3.63) is 12.7 Å². The van der Waals surface area contributed by atoms with Crippen molar-refractivity contribution in [1.29, 1.82) is 0 Å². The van der Waals surface area contributed by atoms with Crippen LogP contribution in [-0.4, -0.2) is 13.1 Å². The van der Waals surface area contributed by atoms with E-state index in [9.17, 15) is 4.79 Å². The lowest BCUT2D eigenvalue weighted by molar-refractivity contribution is -0.134. The van der Waals surface area contributed by atoms with E-state index in [0.29, 0.717) is 0 Å². The van der Waals surface area contributed by atoms with Crippen LogP contribution in [0, 0.1) is 23.2 Å². The monoisotopic (exact) mass is 222 g/mol. The topological polar surface area (TPSA) is 26.3 Å². The van der Waals surface area contributed by atoms with Crippen LogP contribution in [0.15, 0.2) is 12.7 Å². The number of ether oxygens (including phenoxy) is 1. The van der Waals surface area contributed by atoms with Gasteiger partial charge in [-0.3, -0.25) is 0 Å². The Bertz CT molecular complexity index is 295. The summed E-state index contributed by atoms with van der Waals surface area (Å²) in [6, 6.07) is 0. The molecule has 4 atom stereocenters. The predicted molar refractivity (Wildman–Crippen MR) is 63.9 cm³/mol. The molecule has 90 valence electrons. The maximum atomic E-state index is 9.84.